The quantitative estimate of drug-likeness (QED) is 0.619. The Bertz CT molecular complexity index is 1160. The Morgan fingerprint density at radius 1 is 1.16 bits per heavy atom. The fourth-order valence-corrected chi connectivity index (χ4v) is 3.81. The fourth-order valence-electron chi connectivity index (χ4n) is 3.81. The Morgan fingerprint density at radius 2 is 1.97 bits per heavy atom. The predicted molar refractivity (Wildman–Crippen MR) is 116 cm³/mol. The second-order valence-electron chi connectivity index (χ2n) is 7.63. The summed E-state index contributed by atoms with van der Waals surface area (Å²) >= 11 is 0. The normalized spacial score (nSPS) is 13.0. The fraction of sp³-hybridized carbons (Fsp3) is 0.292. The van der Waals surface area contributed by atoms with Crippen molar-refractivity contribution < 1.29 is 23.6 Å². The molecule has 3 aromatic rings. The highest BCUT2D eigenvalue weighted by Gasteiger charge is 2.26. The second-order valence-corrected chi connectivity index (χ2v) is 7.63. The first kappa shape index (κ1) is 20.7. The molecule has 1 amide bonds. The number of hydrogen-bond donors (Lipinski definition) is 1. The molecule has 1 aliphatic rings. The van der Waals surface area contributed by atoms with Crippen LogP contribution in [0.25, 0.3) is 22.6 Å². The lowest BCUT2D eigenvalue weighted by Gasteiger charge is -2.17. The van der Waals surface area contributed by atoms with Gasteiger partial charge >= 0.3 is 5.97 Å². The van der Waals surface area contributed by atoms with Crippen LogP contribution in [-0.4, -0.2) is 30.2 Å². The highest BCUT2D eigenvalue weighted by atomic mass is 16.5. The van der Waals surface area contributed by atoms with Gasteiger partial charge in [-0.15, -0.1) is 0 Å². The summed E-state index contributed by atoms with van der Waals surface area (Å²) in [5.74, 6) is 0.630. The van der Waals surface area contributed by atoms with Crippen molar-refractivity contribution in [3.05, 3.63) is 53.1 Å². The summed E-state index contributed by atoms with van der Waals surface area (Å²) < 4.78 is 16.0. The van der Waals surface area contributed by atoms with E-state index in [1.165, 1.54) is 19.4 Å². The molecule has 0 radical (unpaired) electrons. The number of aryl methyl sites for hydroxylation is 2. The van der Waals surface area contributed by atoms with Gasteiger partial charge in [0.1, 0.15) is 11.4 Å². The Kier molecular flexibility index (Phi) is 5.50. The topological polar surface area (TPSA) is 90.7 Å². The zero-order chi connectivity index (χ0) is 22.1. The van der Waals surface area contributed by atoms with Crippen LogP contribution in [-0.2, 0) is 27.2 Å². The van der Waals surface area contributed by atoms with Crippen molar-refractivity contribution in [1.29, 1.82) is 0 Å². The molecule has 1 N–H and O–H groups in total. The molecule has 1 aliphatic carbocycles. The standard InChI is InChI=1S/C24H24N2O5/c1-13-5-6-17(12-21(13)25-24(28)14(2)30-15(3)27)23-20-9-7-16-11-18(29-4)8-10-19(16)22(20)26-31-23/h5-6,8,10-12,14H,7,9H2,1-4H3,(H,25,28)/t14-/m0/s1. The van der Waals surface area contributed by atoms with Crippen molar-refractivity contribution in [2.75, 3.05) is 12.4 Å². The Balaban J connectivity index is 1.65. The summed E-state index contributed by atoms with van der Waals surface area (Å²) in [6.45, 7) is 4.71. The van der Waals surface area contributed by atoms with E-state index in [0.29, 0.717) is 11.4 Å². The first-order valence-corrected chi connectivity index (χ1v) is 10.1. The summed E-state index contributed by atoms with van der Waals surface area (Å²) in [4.78, 5) is 23.5. The van der Waals surface area contributed by atoms with E-state index in [4.69, 9.17) is 14.0 Å². The van der Waals surface area contributed by atoms with Crippen LogP contribution in [0.1, 0.15) is 30.5 Å². The summed E-state index contributed by atoms with van der Waals surface area (Å²) in [5, 5.41) is 7.18. The lowest BCUT2D eigenvalue weighted by atomic mass is 9.88. The van der Waals surface area contributed by atoms with Crippen molar-refractivity contribution in [1.82, 2.24) is 5.16 Å². The molecule has 0 saturated carbocycles. The maximum absolute atomic E-state index is 12.4. The van der Waals surface area contributed by atoms with Crippen LogP contribution in [0.3, 0.4) is 0 Å². The minimum Gasteiger partial charge on any atom is -0.497 e. The molecule has 1 atom stereocenters. The van der Waals surface area contributed by atoms with E-state index in [0.717, 1.165) is 46.5 Å². The molecule has 0 aliphatic heterocycles. The average Bonchev–Trinajstić information content (AvgIpc) is 3.18. The number of nitrogens with zero attached hydrogens (tertiary/aromatic N) is 1. The highest BCUT2D eigenvalue weighted by Crippen LogP contribution is 2.40. The predicted octanol–water partition coefficient (Wildman–Crippen LogP) is 4.31. The number of methoxy groups -OCH3 is 1. The number of carbonyl (C=O) groups excluding carboxylic acids is 2. The Hall–Kier alpha value is -3.61. The van der Waals surface area contributed by atoms with Crippen LogP contribution in [0.4, 0.5) is 5.69 Å². The van der Waals surface area contributed by atoms with Crippen LogP contribution in [0.15, 0.2) is 40.9 Å². The molecule has 2 aromatic carbocycles. The third-order valence-corrected chi connectivity index (χ3v) is 5.47. The average molecular weight is 420 g/mol. The molecule has 7 nitrogen and oxygen atoms in total. The minimum absolute atomic E-state index is 0.391. The molecular formula is C24H24N2O5. The number of nitrogens with one attached hydrogen (secondary N) is 1. The van der Waals surface area contributed by atoms with E-state index in [2.05, 4.69) is 10.5 Å². The SMILES string of the molecule is COc1ccc2c(c1)CCc1c-2noc1-c1ccc(C)c(NC(=O)[C@H](C)OC(C)=O)c1. The zero-order valence-corrected chi connectivity index (χ0v) is 17.9. The largest absolute Gasteiger partial charge is 0.497 e. The number of hydrogen-bond acceptors (Lipinski definition) is 6. The first-order valence-electron chi connectivity index (χ1n) is 10.1. The van der Waals surface area contributed by atoms with E-state index in [1.807, 2.05) is 43.3 Å². The molecule has 0 fully saturated rings. The van der Waals surface area contributed by atoms with E-state index < -0.39 is 18.0 Å². The second kappa shape index (κ2) is 8.26. The number of fused-ring (bicyclic) bond motifs is 3. The molecule has 1 heterocycles. The number of esters is 1. The molecule has 31 heavy (non-hydrogen) atoms. The summed E-state index contributed by atoms with van der Waals surface area (Å²) in [6.07, 6.45) is 0.781. The van der Waals surface area contributed by atoms with Gasteiger partial charge in [-0.05, 0) is 62.1 Å². The molecule has 0 saturated heterocycles. The van der Waals surface area contributed by atoms with Crippen LogP contribution >= 0.6 is 0 Å². The van der Waals surface area contributed by atoms with Crippen molar-refractivity contribution >= 4 is 17.6 Å². The van der Waals surface area contributed by atoms with Gasteiger partial charge in [-0.25, -0.2) is 0 Å². The van der Waals surface area contributed by atoms with E-state index in [9.17, 15) is 9.59 Å². The molecule has 7 heteroatoms. The maximum atomic E-state index is 12.4. The number of amides is 1. The van der Waals surface area contributed by atoms with Gasteiger partial charge in [0.15, 0.2) is 11.9 Å². The monoisotopic (exact) mass is 420 g/mol. The summed E-state index contributed by atoms with van der Waals surface area (Å²) in [5.41, 5.74) is 6.47. The van der Waals surface area contributed by atoms with Crippen LogP contribution in [0, 0.1) is 6.92 Å². The minimum atomic E-state index is -0.882. The lowest BCUT2D eigenvalue weighted by Crippen LogP contribution is -2.29. The molecule has 0 spiro atoms. The number of benzene rings is 2. The van der Waals surface area contributed by atoms with E-state index in [1.54, 1.807) is 7.11 Å². The first-order chi connectivity index (χ1) is 14.9. The van der Waals surface area contributed by atoms with Crippen molar-refractivity contribution in [3.8, 4) is 28.3 Å². The van der Waals surface area contributed by atoms with Crippen molar-refractivity contribution in [2.45, 2.75) is 39.7 Å². The van der Waals surface area contributed by atoms with Gasteiger partial charge in [0.2, 0.25) is 0 Å². The van der Waals surface area contributed by atoms with Gasteiger partial charge in [-0.2, -0.15) is 0 Å². The summed E-state index contributed by atoms with van der Waals surface area (Å²) in [6, 6.07) is 11.7. The van der Waals surface area contributed by atoms with Gasteiger partial charge in [0.05, 0.1) is 7.11 Å². The highest BCUT2D eigenvalue weighted by molar-refractivity contribution is 5.96. The molecule has 1 aromatic heterocycles. The lowest BCUT2D eigenvalue weighted by molar-refractivity contribution is -0.150. The number of anilines is 1. The molecule has 160 valence electrons. The van der Waals surface area contributed by atoms with Gasteiger partial charge in [-0.1, -0.05) is 17.3 Å². The van der Waals surface area contributed by atoms with Gasteiger partial charge in [0, 0.05) is 29.3 Å². The summed E-state index contributed by atoms with van der Waals surface area (Å²) in [7, 11) is 1.66. The van der Waals surface area contributed by atoms with Gasteiger partial charge in [-0.3, -0.25) is 9.59 Å². The third-order valence-electron chi connectivity index (χ3n) is 5.47. The van der Waals surface area contributed by atoms with Gasteiger partial charge < -0.3 is 19.3 Å². The van der Waals surface area contributed by atoms with Crippen LogP contribution < -0.4 is 10.1 Å². The number of rotatable bonds is 5. The maximum Gasteiger partial charge on any atom is 0.303 e. The Labute approximate surface area is 180 Å². The van der Waals surface area contributed by atoms with Crippen molar-refractivity contribution in [2.24, 2.45) is 0 Å². The molecule has 4 rings (SSSR count). The van der Waals surface area contributed by atoms with E-state index in [-0.39, 0.29) is 0 Å². The molecular weight excluding hydrogens is 396 g/mol. The van der Waals surface area contributed by atoms with E-state index >= 15 is 0 Å². The number of ether oxygens (including phenoxy) is 2. The number of carbonyl (C=O) groups is 2. The molecule has 0 unspecified atom stereocenters. The van der Waals surface area contributed by atoms with Gasteiger partial charge in [0.25, 0.3) is 5.91 Å². The smallest absolute Gasteiger partial charge is 0.303 e. The third kappa shape index (κ3) is 4.03. The van der Waals surface area contributed by atoms with Crippen LogP contribution in [0.2, 0.25) is 0 Å². The van der Waals surface area contributed by atoms with Crippen LogP contribution in [0.5, 0.6) is 5.75 Å². The molecule has 0 bridgehead atoms. The van der Waals surface area contributed by atoms with Crippen molar-refractivity contribution in [3.63, 3.8) is 0 Å². The zero-order valence-electron chi connectivity index (χ0n) is 17.9. The number of aromatic nitrogens is 1. The Morgan fingerprint density at radius 3 is 2.71 bits per heavy atom.